The predicted molar refractivity (Wildman–Crippen MR) is 77.8 cm³/mol. The van der Waals surface area contributed by atoms with Gasteiger partial charge < -0.3 is 5.32 Å². The number of nitrogens with one attached hydrogen (secondary N) is 1. The molecule has 0 unspecified atom stereocenters. The average Bonchev–Trinajstić information content (AvgIpc) is 2.40. The maximum atomic E-state index is 13.8. The van der Waals surface area contributed by atoms with Gasteiger partial charge in [-0.15, -0.1) is 0 Å². The van der Waals surface area contributed by atoms with Crippen LogP contribution in [0.15, 0.2) is 18.2 Å². The van der Waals surface area contributed by atoms with Gasteiger partial charge in [-0.3, -0.25) is 4.90 Å². The number of piperazine rings is 1. The van der Waals surface area contributed by atoms with Crippen LogP contribution in [-0.2, 0) is 0 Å². The third-order valence-corrected chi connectivity index (χ3v) is 3.87. The van der Waals surface area contributed by atoms with Crippen molar-refractivity contribution in [1.29, 1.82) is 0 Å². The molecule has 0 bridgehead atoms. The zero-order valence-corrected chi connectivity index (χ0v) is 12.2. The van der Waals surface area contributed by atoms with Crippen LogP contribution in [0.2, 0.25) is 0 Å². The summed E-state index contributed by atoms with van der Waals surface area (Å²) in [5, 5.41) is 3.38. The van der Waals surface area contributed by atoms with Gasteiger partial charge >= 0.3 is 0 Å². The van der Waals surface area contributed by atoms with E-state index in [4.69, 9.17) is 0 Å². The lowest BCUT2D eigenvalue weighted by molar-refractivity contribution is 0.154. The number of hydrogen-bond donors (Lipinski definition) is 1. The summed E-state index contributed by atoms with van der Waals surface area (Å²) in [4.78, 5) is 2.49. The van der Waals surface area contributed by atoms with Crippen molar-refractivity contribution in [1.82, 2.24) is 10.2 Å². The Morgan fingerprint density at radius 2 is 1.95 bits per heavy atom. The molecule has 1 aliphatic rings. The molecule has 1 aliphatic heterocycles. The highest BCUT2D eigenvalue weighted by molar-refractivity contribution is 5.26. The zero-order chi connectivity index (χ0) is 13.8. The lowest BCUT2D eigenvalue weighted by Crippen LogP contribution is -2.45. The number of aryl methyl sites for hydroxylation is 1. The van der Waals surface area contributed by atoms with Gasteiger partial charge in [0.25, 0.3) is 0 Å². The Labute approximate surface area is 116 Å². The summed E-state index contributed by atoms with van der Waals surface area (Å²) in [5.41, 5.74) is 1.85. The summed E-state index contributed by atoms with van der Waals surface area (Å²) < 4.78 is 13.8. The van der Waals surface area contributed by atoms with Gasteiger partial charge in [0.15, 0.2) is 0 Å². The van der Waals surface area contributed by atoms with Crippen molar-refractivity contribution in [2.24, 2.45) is 5.92 Å². The van der Waals surface area contributed by atoms with Crippen LogP contribution in [0.5, 0.6) is 0 Å². The first-order valence-corrected chi connectivity index (χ1v) is 7.28. The second kappa shape index (κ2) is 6.49. The van der Waals surface area contributed by atoms with Crippen LogP contribution in [0.25, 0.3) is 0 Å². The molecule has 3 heteroatoms. The minimum Gasteiger partial charge on any atom is -0.314 e. The van der Waals surface area contributed by atoms with Crippen molar-refractivity contribution in [2.45, 2.75) is 33.2 Å². The molecular formula is C16H25FN2. The van der Waals surface area contributed by atoms with Gasteiger partial charge in [0.2, 0.25) is 0 Å². The van der Waals surface area contributed by atoms with Crippen LogP contribution in [0.1, 0.15) is 37.4 Å². The first-order chi connectivity index (χ1) is 9.08. The smallest absolute Gasteiger partial charge is 0.126 e. The third-order valence-electron chi connectivity index (χ3n) is 3.87. The maximum absolute atomic E-state index is 13.8. The molecule has 0 radical (unpaired) electrons. The lowest BCUT2D eigenvalue weighted by Gasteiger charge is -2.36. The second-order valence-corrected chi connectivity index (χ2v) is 5.94. The molecule has 0 amide bonds. The van der Waals surface area contributed by atoms with E-state index in [1.807, 2.05) is 13.0 Å². The van der Waals surface area contributed by atoms with Crippen molar-refractivity contribution in [2.75, 3.05) is 26.2 Å². The SMILES string of the molecule is Cc1ccc([C@H](CC(C)C)N2CCNCC2)cc1F. The molecule has 0 aromatic heterocycles. The average molecular weight is 264 g/mol. The molecule has 1 N–H and O–H groups in total. The van der Waals surface area contributed by atoms with Gasteiger partial charge in [-0.2, -0.15) is 0 Å². The van der Waals surface area contributed by atoms with E-state index < -0.39 is 0 Å². The summed E-state index contributed by atoms with van der Waals surface area (Å²) in [6, 6.07) is 6.06. The maximum Gasteiger partial charge on any atom is 0.126 e. The largest absolute Gasteiger partial charge is 0.314 e. The number of hydrogen-bond acceptors (Lipinski definition) is 2. The van der Waals surface area contributed by atoms with Gasteiger partial charge in [0, 0.05) is 32.2 Å². The lowest BCUT2D eigenvalue weighted by atomic mass is 9.94. The molecular weight excluding hydrogens is 239 g/mol. The molecule has 1 saturated heterocycles. The fraction of sp³-hybridized carbons (Fsp3) is 0.625. The normalized spacial score (nSPS) is 18.8. The Balaban J connectivity index is 2.22. The summed E-state index contributed by atoms with van der Waals surface area (Å²) in [5.74, 6) is 0.533. The van der Waals surface area contributed by atoms with Crippen LogP contribution in [0.4, 0.5) is 4.39 Å². The van der Waals surface area contributed by atoms with Gasteiger partial charge in [-0.25, -0.2) is 4.39 Å². The van der Waals surface area contributed by atoms with E-state index in [0.29, 0.717) is 12.0 Å². The summed E-state index contributed by atoms with van der Waals surface area (Å²) >= 11 is 0. The van der Waals surface area contributed by atoms with E-state index in [1.165, 1.54) is 0 Å². The fourth-order valence-corrected chi connectivity index (χ4v) is 2.75. The predicted octanol–water partition coefficient (Wildman–Crippen LogP) is 3.13. The molecule has 106 valence electrons. The molecule has 0 saturated carbocycles. The van der Waals surface area contributed by atoms with E-state index in [1.54, 1.807) is 6.07 Å². The van der Waals surface area contributed by atoms with E-state index in [9.17, 15) is 4.39 Å². The minimum absolute atomic E-state index is 0.0820. The Hall–Kier alpha value is -0.930. The molecule has 1 aromatic rings. The topological polar surface area (TPSA) is 15.3 Å². The monoisotopic (exact) mass is 264 g/mol. The Morgan fingerprint density at radius 3 is 2.53 bits per heavy atom. The van der Waals surface area contributed by atoms with Crippen molar-refractivity contribution in [3.05, 3.63) is 35.1 Å². The van der Waals surface area contributed by atoms with E-state index in [2.05, 4.69) is 30.1 Å². The Morgan fingerprint density at radius 1 is 1.26 bits per heavy atom. The first-order valence-electron chi connectivity index (χ1n) is 7.28. The third kappa shape index (κ3) is 3.77. The summed E-state index contributed by atoms with van der Waals surface area (Å²) in [6.07, 6.45) is 1.09. The van der Waals surface area contributed by atoms with Crippen LogP contribution in [-0.4, -0.2) is 31.1 Å². The van der Waals surface area contributed by atoms with Crippen molar-refractivity contribution in [3.63, 3.8) is 0 Å². The number of benzene rings is 1. The van der Waals surface area contributed by atoms with Gasteiger partial charge in [-0.1, -0.05) is 26.0 Å². The van der Waals surface area contributed by atoms with Crippen LogP contribution < -0.4 is 5.32 Å². The number of halogens is 1. The molecule has 19 heavy (non-hydrogen) atoms. The van der Waals surface area contributed by atoms with E-state index in [0.717, 1.165) is 43.7 Å². The molecule has 1 fully saturated rings. The molecule has 1 aromatic carbocycles. The molecule has 1 heterocycles. The van der Waals surface area contributed by atoms with Gasteiger partial charge in [0.05, 0.1) is 0 Å². The number of nitrogens with zero attached hydrogens (tertiary/aromatic N) is 1. The fourth-order valence-electron chi connectivity index (χ4n) is 2.75. The highest BCUT2D eigenvalue weighted by Crippen LogP contribution is 2.29. The quantitative estimate of drug-likeness (QED) is 0.899. The minimum atomic E-state index is -0.0820. The van der Waals surface area contributed by atoms with Gasteiger partial charge in [0.1, 0.15) is 5.82 Å². The Kier molecular flexibility index (Phi) is 4.94. The van der Waals surface area contributed by atoms with Crippen LogP contribution >= 0.6 is 0 Å². The first kappa shape index (κ1) is 14.5. The standard InChI is InChI=1S/C16H25FN2/c1-12(2)10-16(19-8-6-18-7-9-19)14-5-4-13(3)15(17)11-14/h4-5,11-12,16,18H,6-10H2,1-3H3/t16-/m0/s1. The summed E-state index contributed by atoms with van der Waals surface area (Å²) in [6.45, 7) is 10.5. The zero-order valence-electron chi connectivity index (χ0n) is 12.2. The van der Waals surface area contributed by atoms with Crippen molar-refractivity contribution >= 4 is 0 Å². The highest BCUT2D eigenvalue weighted by Gasteiger charge is 2.23. The second-order valence-electron chi connectivity index (χ2n) is 5.94. The van der Waals surface area contributed by atoms with E-state index >= 15 is 0 Å². The van der Waals surface area contributed by atoms with E-state index in [-0.39, 0.29) is 5.82 Å². The molecule has 2 rings (SSSR count). The number of rotatable bonds is 4. The molecule has 0 aliphatic carbocycles. The van der Waals surface area contributed by atoms with Crippen LogP contribution in [0, 0.1) is 18.7 Å². The van der Waals surface area contributed by atoms with Gasteiger partial charge in [-0.05, 0) is 36.5 Å². The molecule has 1 atom stereocenters. The van der Waals surface area contributed by atoms with Crippen molar-refractivity contribution in [3.8, 4) is 0 Å². The Bertz CT molecular complexity index is 411. The van der Waals surface area contributed by atoms with Crippen molar-refractivity contribution < 1.29 is 4.39 Å². The molecule has 2 nitrogen and oxygen atoms in total. The highest BCUT2D eigenvalue weighted by atomic mass is 19.1. The molecule has 0 spiro atoms. The summed E-state index contributed by atoms with van der Waals surface area (Å²) in [7, 11) is 0. The van der Waals surface area contributed by atoms with Crippen LogP contribution in [0.3, 0.4) is 0 Å².